The van der Waals surface area contributed by atoms with Gasteiger partial charge in [0.2, 0.25) is 5.91 Å². The summed E-state index contributed by atoms with van der Waals surface area (Å²) in [6.07, 6.45) is 3.48. The van der Waals surface area contributed by atoms with Gasteiger partial charge in [-0.25, -0.2) is 4.68 Å². The third kappa shape index (κ3) is 3.59. The zero-order chi connectivity index (χ0) is 17.1. The number of benzene rings is 1. The van der Waals surface area contributed by atoms with E-state index in [-0.39, 0.29) is 17.9 Å². The number of piperidine rings is 1. The van der Waals surface area contributed by atoms with Gasteiger partial charge >= 0.3 is 0 Å². The number of para-hydroxylation sites is 1. The fraction of sp³-hybridized carbons (Fsp3) is 0.353. The van der Waals surface area contributed by atoms with Gasteiger partial charge in [-0.2, -0.15) is 5.10 Å². The Morgan fingerprint density at radius 2 is 2.08 bits per heavy atom. The lowest BCUT2D eigenvalue weighted by atomic mass is 10.1. The molecule has 0 bridgehead atoms. The van der Waals surface area contributed by atoms with E-state index in [0.29, 0.717) is 23.8 Å². The largest absolute Gasteiger partial charge is 0.352 e. The normalized spacial score (nSPS) is 17.6. The molecule has 1 atom stereocenters. The van der Waals surface area contributed by atoms with Crippen LogP contribution in [0.25, 0.3) is 5.69 Å². The van der Waals surface area contributed by atoms with Crippen LogP contribution in [0.3, 0.4) is 0 Å². The van der Waals surface area contributed by atoms with Gasteiger partial charge in [-0.15, -0.1) is 0 Å². The molecule has 24 heavy (non-hydrogen) atoms. The quantitative estimate of drug-likeness (QED) is 0.927. The van der Waals surface area contributed by atoms with Crippen molar-refractivity contribution in [2.24, 2.45) is 0 Å². The first-order valence-corrected chi connectivity index (χ1v) is 8.29. The lowest BCUT2D eigenvalue weighted by molar-refractivity contribution is -0.120. The number of nitrogens with zero attached hydrogens (tertiary/aromatic N) is 3. The third-order valence-corrected chi connectivity index (χ3v) is 4.34. The van der Waals surface area contributed by atoms with Gasteiger partial charge in [0, 0.05) is 32.3 Å². The van der Waals surface area contributed by atoms with Crippen molar-refractivity contribution < 1.29 is 9.59 Å². The maximum Gasteiger partial charge on any atom is 0.274 e. The monoisotopic (exact) mass is 346 g/mol. The molecule has 1 saturated heterocycles. The van der Waals surface area contributed by atoms with Gasteiger partial charge in [0.25, 0.3) is 5.91 Å². The molecule has 0 unspecified atom stereocenters. The molecule has 1 N–H and O–H groups in total. The minimum Gasteiger partial charge on any atom is -0.352 e. The van der Waals surface area contributed by atoms with Crippen molar-refractivity contribution in [1.29, 1.82) is 0 Å². The van der Waals surface area contributed by atoms with Gasteiger partial charge in [0.15, 0.2) is 5.69 Å². The van der Waals surface area contributed by atoms with Gasteiger partial charge in [0.05, 0.1) is 10.7 Å². The number of hydrogen-bond acceptors (Lipinski definition) is 3. The second-order valence-electron chi connectivity index (χ2n) is 5.89. The summed E-state index contributed by atoms with van der Waals surface area (Å²) in [5.74, 6) is -0.201. The Hall–Kier alpha value is -2.34. The summed E-state index contributed by atoms with van der Waals surface area (Å²) in [7, 11) is 0. The van der Waals surface area contributed by atoms with Crippen LogP contribution in [-0.2, 0) is 4.79 Å². The smallest absolute Gasteiger partial charge is 0.274 e. The summed E-state index contributed by atoms with van der Waals surface area (Å²) in [6.45, 7) is 2.68. The standard InChI is InChI=1S/C17H19ClN4O2/c1-12(23)19-13-5-4-9-21(11-13)17(24)15-8-10-22(20-15)16-7-3-2-6-14(16)18/h2-3,6-8,10,13H,4-5,9,11H2,1H3,(H,19,23)/t13-/m0/s1. The molecule has 0 aliphatic carbocycles. The highest BCUT2D eigenvalue weighted by Crippen LogP contribution is 2.20. The van der Waals surface area contributed by atoms with E-state index in [1.807, 2.05) is 18.2 Å². The summed E-state index contributed by atoms with van der Waals surface area (Å²) < 4.78 is 1.60. The average molecular weight is 347 g/mol. The molecule has 2 amide bonds. The van der Waals surface area contributed by atoms with Crippen LogP contribution in [0.1, 0.15) is 30.3 Å². The van der Waals surface area contributed by atoms with Crippen molar-refractivity contribution in [2.45, 2.75) is 25.8 Å². The molecule has 0 saturated carbocycles. The highest BCUT2D eigenvalue weighted by Gasteiger charge is 2.26. The van der Waals surface area contributed by atoms with E-state index in [0.717, 1.165) is 18.5 Å². The molecule has 2 heterocycles. The average Bonchev–Trinajstić information content (AvgIpc) is 3.04. The fourth-order valence-corrected chi connectivity index (χ4v) is 3.16. The number of nitrogens with one attached hydrogen (secondary N) is 1. The number of amides is 2. The Kier molecular flexibility index (Phi) is 4.85. The number of halogens is 1. The van der Waals surface area contributed by atoms with Crippen LogP contribution >= 0.6 is 11.6 Å². The van der Waals surface area contributed by atoms with Crippen molar-refractivity contribution in [2.75, 3.05) is 13.1 Å². The number of hydrogen-bond donors (Lipinski definition) is 1. The number of likely N-dealkylation sites (tertiary alicyclic amines) is 1. The van der Waals surface area contributed by atoms with Crippen molar-refractivity contribution in [3.8, 4) is 5.69 Å². The summed E-state index contributed by atoms with van der Waals surface area (Å²) in [5.41, 5.74) is 1.10. The second kappa shape index (κ2) is 7.05. The molecular formula is C17H19ClN4O2. The molecule has 1 aromatic carbocycles. The van der Waals surface area contributed by atoms with E-state index in [9.17, 15) is 9.59 Å². The molecule has 1 aliphatic heterocycles. The molecule has 0 radical (unpaired) electrons. The number of rotatable bonds is 3. The molecule has 1 aliphatic rings. The van der Waals surface area contributed by atoms with Crippen LogP contribution in [-0.4, -0.2) is 45.6 Å². The maximum atomic E-state index is 12.7. The topological polar surface area (TPSA) is 67.2 Å². The van der Waals surface area contributed by atoms with Gasteiger partial charge in [0.1, 0.15) is 0 Å². The molecule has 0 spiro atoms. The van der Waals surface area contributed by atoms with E-state index >= 15 is 0 Å². The number of aromatic nitrogens is 2. The SMILES string of the molecule is CC(=O)N[C@H]1CCCN(C(=O)c2ccn(-c3ccccc3Cl)n2)C1. The van der Waals surface area contributed by atoms with Crippen molar-refractivity contribution in [3.63, 3.8) is 0 Å². The van der Waals surface area contributed by atoms with Crippen LogP contribution < -0.4 is 5.32 Å². The van der Waals surface area contributed by atoms with Crippen LogP contribution in [0.4, 0.5) is 0 Å². The predicted molar refractivity (Wildman–Crippen MR) is 91.3 cm³/mol. The van der Waals surface area contributed by atoms with E-state index < -0.39 is 0 Å². The molecule has 2 aromatic rings. The van der Waals surface area contributed by atoms with Crippen molar-refractivity contribution >= 4 is 23.4 Å². The van der Waals surface area contributed by atoms with Crippen LogP contribution in [0.15, 0.2) is 36.5 Å². The van der Waals surface area contributed by atoms with Gasteiger partial charge < -0.3 is 10.2 Å². The Morgan fingerprint density at radius 3 is 2.83 bits per heavy atom. The van der Waals surface area contributed by atoms with Gasteiger partial charge in [-0.05, 0) is 31.0 Å². The third-order valence-electron chi connectivity index (χ3n) is 4.02. The Labute approximate surface area is 145 Å². The van der Waals surface area contributed by atoms with Crippen molar-refractivity contribution in [1.82, 2.24) is 20.0 Å². The number of carbonyl (C=O) groups excluding carboxylic acids is 2. The molecule has 7 heteroatoms. The minimum absolute atomic E-state index is 0.00542. The van der Waals surface area contributed by atoms with Crippen LogP contribution in [0.5, 0.6) is 0 Å². The second-order valence-corrected chi connectivity index (χ2v) is 6.30. The van der Waals surface area contributed by atoms with Crippen LogP contribution in [0, 0.1) is 0 Å². The molecule has 6 nitrogen and oxygen atoms in total. The molecule has 3 rings (SSSR count). The molecule has 126 valence electrons. The first-order valence-electron chi connectivity index (χ1n) is 7.91. The first-order chi connectivity index (χ1) is 11.5. The maximum absolute atomic E-state index is 12.7. The van der Waals surface area contributed by atoms with Gasteiger partial charge in [-0.3, -0.25) is 9.59 Å². The Balaban J connectivity index is 1.74. The van der Waals surface area contributed by atoms with E-state index in [2.05, 4.69) is 10.4 Å². The Morgan fingerprint density at radius 1 is 1.29 bits per heavy atom. The number of carbonyl (C=O) groups is 2. The summed E-state index contributed by atoms with van der Waals surface area (Å²) >= 11 is 6.17. The van der Waals surface area contributed by atoms with Crippen LogP contribution in [0.2, 0.25) is 5.02 Å². The van der Waals surface area contributed by atoms with E-state index in [1.54, 1.807) is 27.9 Å². The molecular weight excluding hydrogens is 328 g/mol. The summed E-state index contributed by atoms with van der Waals surface area (Å²) in [6, 6.07) is 9.03. The van der Waals surface area contributed by atoms with Crippen molar-refractivity contribution in [3.05, 3.63) is 47.2 Å². The zero-order valence-electron chi connectivity index (χ0n) is 13.4. The fourth-order valence-electron chi connectivity index (χ4n) is 2.94. The predicted octanol–water partition coefficient (Wildman–Crippen LogP) is 2.27. The highest BCUT2D eigenvalue weighted by atomic mass is 35.5. The van der Waals surface area contributed by atoms with Gasteiger partial charge in [-0.1, -0.05) is 23.7 Å². The summed E-state index contributed by atoms with van der Waals surface area (Å²) in [4.78, 5) is 25.6. The van der Waals surface area contributed by atoms with E-state index in [4.69, 9.17) is 11.6 Å². The Bertz CT molecular complexity index is 759. The molecule has 1 fully saturated rings. The minimum atomic E-state index is -0.129. The highest BCUT2D eigenvalue weighted by molar-refractivity contribution is 6.32. The lowest BCUT2D eigenvalue weighted by Crippen LogP contribution is -2.49. The lowest BCUT2D eigenvalue weighted by Gasteiger charge is -2.32. The molecule has 1 aromatic heterocycles. The first kappa shape index (κ1) is 16.5. The summed E-state index contributed by atoms with van der Waals surface area (Å²) in [5, 5.41) is 7.81. The van der Waals surface area contributed by atoms with E-state index in [1.165, 1.54) is 6.92 Å². The zero-order valence-corrected chi connectivity index (χ0v) is 14.2.